The lowest BCUT2D eigenvalue weighted by Crippen LogP contribution is -2.42. The fourth-order valence-corrected chi connectivity index (χ4v) is 3.03. The van der Waals surface area contributed by atoms with Crippen LogP contribution in [-0.2, 0) is 19.1 Å². The molecule has 0 spiro atoms. The van der Waals surface area contributed by atoms with Crippen molar-refractivity contribution in [1.82, 2.24) is 30.2 Å². The van der Waals surface area contributed by atoms with Crippen LogP contribution in [0.5, 0.6) is 0 Å². The molecule has 1 fully saturated rings. The molecule has 2 aromatic heterocycles. The van der Waals surface area contributed by atoms with E-state index in [9.17, 15) is 33.0 Å². The number of rotatable bonds is 8. The number of ether oxygens (including phenoxy) is 2. The highest BCUT2D eigenvalue weighted by atomic mass is 19.4. The van der Waals surface area contributed by atoms with Gasteiger partial charge in [-0.1, -0.05) is 0 Å². The number of alkyl halides is 3. The highest BCUT2D eigenvalue weighted by molar-refractivity contribution is 5.82. The molecule has 32 heavy (non-hydrogen) atoms. The summed E-state index contributed by atoms with van der Waals surface area (Å²) in [7, 11) is 0. The molecule has 4 atom stereocenters. The number of amides is 2. The third kappa shape index (κ3) is 5.04. The Hall–Kier alpha value is -3.08. The summed E-state index contributed by atoms with van der Waals surface area (Å²) in [5.74, 6) is -2.73. The number of hydrogen-bond acceptors (Lipinski definition) is 10. The van der Waals surface area contributed by atoms with Crippen LogP contribution < -0.4 is 16.4 Å². The minimum atomic E-state index is -5.02. The van der Waals surface area contributed by atoms with E-state index in [1.165, 1.54) is 17.2 Å². The molecule has 1 unspecified atom stereocenters. The van der Waals surface area contributed by atoms with Gasteiger partial charge in [-0.2, -0.15) is 13.2 Å². The van der Waals surface area contributed by atoms with Gasteiger partial charge >= 0.3 is 12.1 Å². The van der Waals surface area contributed by atoms with Crippen molar-refractivity contribution in [1.29, 1.82) is 0 Å². The minimum absolute atomic E-state index is 0.112. The number of aromatic nitrogens is 4. The second-order valence-electron chi connectivity index (χ2n) is 6.70. The Balaban J connectivity index is 1.60. The van der Waals surface area contributed by atoms with Gasteiger partial charge in [-0.25, -0.2) is 15.0 Å². The average molecular weight is 463 g/mol. The van der Waals surface area contributed by atoms with Gasteiger partial charge in [-0.05, 0) is 0 Å². The maximum absolute atomic E-state index is 12.1. The topological polar surface area (TPSA) is 187 Å². The van der Waals surface area contributed by atoms with Crippen LogP contribution in [0.2, 0.25) is 0 Å². The minimum Gasteiger partial charge on any atom is -0.394 e. The van der Waals surface area contributed by atoms with Gasteiger partial charge in [-0.15, -0.1) is 0 Å². The number of aliphatic hydroxyl groups excluding tert-OH is 2. The van der Waals surface area contributed by atoms with Gasteiger partial charge in [0.15, 0.2) is 17.7 Å². The van der Waals surface area contributed by atoms with E-state index >= 15 is 0 Å². The lowest BCUT2D eigenvalue weighted by Gasteiger charge is -2.21. The third-order valence-corrected chi connectivity index (χ3v) is 4.55. The molecule has 0 aliphatic carbocycles. The van der Waals surface area contributed by atoms with E-state index in [0.717, 1.165) is 0 Å². The monoisotopic (exact) mass is 463 g/mol. The maximum Gasteiger partial charge on any atom is 0.471 e. The molecule has 0 radical (unpaired) electrons. The number of imidazole rings is 1. The zero-order valence-corrected chi connectivity index (χ0v) is 16.3. The molecule has 0 aromatic carbocycles. The second-order valence-corrected chi connectivity index (χ2v) is 6.70. The average Bonchev–Trinajstić information content (AvgIpc) is 3.30. The van der Waals surface area contributed by atoms with E-state index in [1.807, 2.05) is 0 Å². The number of carbonyl (C=O) groups is 2. The van der Waals surface area contributed by atoms with E-state index in [0.29, 0.717) is 0 Å². The molecule has 3 rings (SSSR count). The van der Waals surface area contributed by atoms with Crippen LogP contribution in [0.25, 0.3) is 11.2 Å². The van der Waals surface area contributed by atoms with Crippen LogP contribution in [0, 0.1) is 0 Å². The largest absolute Gasteiger partial charge is 0.471 e. The van der Waals surface area contributed by atoms with Crippen molar-refractivity contribution in [2.24, 2.45) is 0 Å². The summed E-state index contributed by atoms with van der Waals surface area (Å²) in [5.41, 5.74) is 6.30. The van der Waals surface area contributed by atoms with E-state index < -0.39 is 62.3 Å². The number of hydrogen-bond donors (Lipinski definition) is 5. The van der Waals surface area contributed by atoms with Gasteiger partial charge in [0.2, 0.25) is 5.91 Å². The molecule has 1 aliphatic heterocycles. The summed E-state index contributed by atoms with van der Waals surface area (Å²) in [6.45, 7) is -1.85. The lowest BCUT2D eigenvalue weighted by atomic mass is 10.1. The molecule has 3 heterocycles. The summed E-state index contributed by atoms with van der Waals surface area (Å²) < 4.78 is 48.8. The first-order valence-corrected chi connectivity index (χ1v) is 9.24. The fraction of sp³-hybridized carbons (Fsp3) is 0.562. The van der Waals surface area contributed by atoms with Gasteiger partial charge in [0, 0.05) is 13.1 Å². The van der Waals surface area contributed by atoms with Crippen LogP contribution in [0.15, 0.2) is 12.7 Å². The van der Waals surface area contributed by atoms with Crippen LogP contribution in [0.3, 0.4) is 0 Å². The number of anilines is 1. The molecule has 13 nitrogen and oxygen atoms in total. The van der Waals surface area contributed by atoms with E-state index in [-0.39, 0.29) is 23.5 Å². The first-order valence-electron chi connectivity index (χ1n) is 9.24. The standard InChI is InChI=1S/C16H20F3N7O6/c17-16(18,19)15(30)22-2-1-21-8(28)4-31-11-10(29)7(3-27)32-14(11)26-6-25-9-12(20)23-5-24-13(9)26/h5-7,10-11,14,27,29H,1-4H2,(H,21,28)(H,22,30)(H2,20,23,24)/t7-,10?,11+,14-/m1/s1. The highest BCUT2D eigenvalue weighted by Crippen LogP contribution is 2.33. The molecular weight excluding hydrogens is 443 g/mol. The molecule has 1 aliphatic rings. The summed E-state index contributed by atoms with van der Waals surface area (Å²) in [4.78, 5) is 34.6. The Kier molecular flexibility index (Phi) is 7.07. The van der Waals surface area contributed by atoms with Crippen molar-refractivity contribution in [3.63, 3.8) is 0 Å². The second kappa shape index (κ2) is 9.60. The molecule has 1 saturated heterocycles. The number of nitrogens with one attached hydrogen (secondary N) is 2. The van der Waals surface area contributed by atoms with E-state index in [1.54, 1.807) is 5.32 Å². The number of nitrogens with two attached hydrogens (primary N) is 1. The SMILES string of the molecule is Nc1ncnc2c1ncn2[C@@H]1O[C@H](CO)C(O)[C@@H]1OCC(=O)NCCNC(=O)C(F)(F)F. The lowest BCUT2D eigenvalue weighted by molar-refractivity contribution is -0.173. The van der Waals surface area contributed by atoms with Crippen molar-refractivity contribution in [3.8, 4) is 0 Å². The number of nitrogen functional groups attached to an aromatic ring is 1. The molecule has 6 N–H and O–H groups in total. The Morgan fingerprint density at radius 1 is 1.25 bits per heavy atom. The predicted octanol–water partition coefficient (Wildman–Crippen LogP) is -2.16. The Morgan fingerprint density at radius 2 is 1.97 bits per heavy atom. The zero-order chi connectivity index (χ0) is 23.5. The zero-order valence-electron chi connectivity index (χ0n) is 16.3. The van der Waals surface area contributed by atoms with Gasteiger partial charge < -0.3 is 36.1 Å². The molecule has 2 aromatic rings. The number of nitrogens with zero attached hydrogens (tertiary/aromatic N) is 4. The molecular formula is C16H20F3N7O6. The summed E-state index contributed by atoms with van der Waals surface area (Å²) in [6, 6.07) is 0. The Labute approximate surface area is 177 Å². The van der Waals surface area contributed by atoms with Crippen molar-refractivity contribution in [3.05, 3.63) is 12.7 Å². The maximum atomic E-state index is 12.1. The van der Waals surface area contributed by atoms with Gasteiger partial charge in [0.1, 0.15) is 36.8 Å². The highest BCUT2D eigenvalue weighted by Gasteiger charge is 2.46. The van der Waals surface area contributed by atoms with Crippen molar-refractivity contribution >= 4 is 28.8 Å². The van der Waals surface area contributed by atoms with Crippen LogP contribution >= 0.6 is 0 Å². The normalized spacial score (nSPS) is 23.4. The summed E-state index contributed by atoms with van der Waals surface area (Å²) in [5, 5.41) is 23.7. The first-order chi connectivity index (χ1) is 15.1. The predicted molar refractivity (Wildman–Crippen MR) is 98.6 cm³/mol. The Bertz CT molecular complexity index is 971. The number of aliphatic hydroxyl groups is 2. The molecule has 0 bridgehead atoms. The van der Waals surface area contributed by atoms with Gasteiger partial charge in [-0.3, -0.25) is 14.2 Å². The first kappa shape index (κ1) is 23.6. The van der Waals surface area contributed by atoms with E-state index in [2.05, 4.69) is 20.3 Å². The summed E-state index contributed by atoms with van der Waals surface area (Å²) >= 11 is 0. The third-order valence-electron chi connectivity index (χ3n) is 4.55. The molecule has 0 saturated carbocycles. The van der Waals surface area contributed by atoms with Crippen molar-refractivity contribution in [2.75, 3.05) is 32.0 Å². The number of halogens is 3. The van der Waals surface area contributed by atoms with Crippen LogP contribution in [0.1, 0.15) is 6.23 Å². The van der Waals surface area contributed by atoms with Crippen molar-refractivity contribution in [2.45, 2.75) is 30.7 Å². The quantitative estimate of drug-likeness (QED) is 0.270. The van der Waals surface area contributed by atoms with E-state index in [4.69, 9.17) is 15.2 Å². The van der Waals surface area contributed by atoms with Crippen LogP contribution in [-0.4, -0.2) is 92.3 Å². The number of carbonyl (C=O) groups excluding carboxylic acids is 2. The smallest absolute Gasteiger partial charge is 0.394 e. The van der Waals surface area contributed by atoms with Crippen LogP contribution in [0.4, 0.5) is 19.0 Å². The van der Waals surface area contributed by atoms with Gasteiger partial charge in [0.25, 0.3) is 0 Å². The van der Waals surface area contributed by atoms with Gasteiger partial charge in [0.05, 0.1) is 12.9 Å². The molecule has 16 heteroatoms. The molecule has 176 valence electrons. The molecule has 2 amide bonds. The van der Waals surface area contributed by atoms with Crippen molar-refractivity contribution < 1.29 is 42.4 Å². The fourth-order valence-electron chi connectivity index (χ4n) is 3.03. The Morgan fingerprint density at radius 3 is 2.66 bits per heavy atom. The number of fused-ring (bicyclic) bond motifs is 1. The summed E-state index contributed by atoms with van der Waals surface area (Å²) in [6.07, 6.45) is -6.99.